The number of aryl methyl sites for hydroxylation is 1. The molecule has 3 heteroatoms. The van der Waals surface area contributed by atoms with Gasteiger partial charge in [0.2, 0.25) is 0 Å². The molecule has 0 heterocycles. The molecule has 0 radical (unpaired) electrons. The SMILES string of the molecule is Cc1ccc(C(C)C)cc1OC/C(Cl)=C/Cl. The molecular formula is C13H16Cl2O. The quantitative estimate of drug-likeness (QED) is 0.753. The van der Waals surface area contributed by atoms with Gasteiger partial charge in [-0.1, -0.05) is 49.2 Å². The average molecular weight is 259 g/mol. The predicted molar refractivity (Wildman–Crippen MR) is 70.6 cm³/mol. The Balaban J connectivity index is 2.82. The van der Waals surface area contributed by atoms with Crippen molar-refractivity contribution in [2.45, 2.75) is 26.7 Å². The fraction of sp³-hybridized carbons (Fsp3) is 0.385. The fourth-order valence-electron chi connectivity index (χ4n) is 1.31. The first kappa shape index (κ1) is 13.4. The minimum Gasteiger partial charge on any atom is -0.488 e. The lowest BCUT2D eigenvalue weighted by Crippen LogP contribution is -2.00. The zero-order valence-electron chi connectivity index (χ0n) is 9.76. The fourth-order valence-corrected chi connectivity index (χ4v) is 1.43. The van der Waals surface area contributed by atoms with E-state index in [-0.39, 0.29) is 0 Å². The third-order valence-corrected chi connectivity index (χ3v) is 2.96. The van der Waals surface area contributed by atoms with Crippen LogP contribution in [0.15, 0.2) is 28.8 Å². The van der Waals surface area contributed by atoms with E-state index >= 15 is 0 Å². The molecule has 1 aromatic carbocycles. The Kier molecular flexibility index (Phi) is 5.17. The Morgan fingerprint density at radius 3 is 2.69 bits per heavy atom. The molecule has 0 amide bonds. The summed E-state index contributed by atoms with van der Waals surface area (Å²) in [4.78, 5) is 0. The average Bonchev–Trinajstić information content (AvgIpc) is 2.27. The van der Waals surface area contributed by atoms with Crippen LogP contribution < -0.4 is 4.74 Å². The molecule has 0 saturated carbocycles. The second kappa shape index (κ2) is 6.17. The Morgan fingerprint density at radius 1 is 1.44 bits per heavy atom. The van der Waals surface area contributed by atoms with E-state index < -0.39 is 0 Å². The van der Waals surface area contributed by atoms with Crippen molar-refractivity contribution in [3.05, 3.63) is 39.9 Å². The summed E-state index contributed by atoms with van der Waals surface area (Å²) in [5, 5.41) is 0.496. The second-order valence-electron chi connectivity index (χ2n) is 4.02. The smallest absolute Gasteiger partial charge is 0.125 e. The summed E-state index contributed by atoms with van der Waals surface area (Å²) in [6.45, 7) is 6.63. The maximum absolute atomic E-state index is 5.77. The Morgan fingerprint density at radius 2 is 2.12 bits per heavy atom. The van der Waals surface area contributed by atoms with Gasteiger partial charge in [0.15, 0.2) is 0 Å². The van der Waals surface area contributed by atoms with E-state index in [9.17, 15) is 0 Å². The molecule has 16 heavy (non-hydrogen) atoms. The highest BCUT2D eigenvalue weighted by Gasteiger charge is 2.05. The number of benzene rings is 1. The lowest BCUT2D eigenvalue weighted by molar-refractivity contribution is 0.356. The maximum Gasteiger partial charge on any atom is 0.125 e. The van der Waals surface area contributed by atoms with E-state index in [4.69, 9.17) is 27.9 Å². The Labute approximate surface area is 107 Å². The summed E-state index contributed by atoms with van der Waals surface area (Å²) in [5.74, 6) is 1.35. The summed E-state index contributed by atoms with van der Waals surface area (Å²) in [6.07, 6.45) is 0. The first-order valence-corrected chi connectivity index (χ1v) is 6.04. The molecule has 1 aromatic rings. The van der Waals surface area contributed by atoms with Crippen LogP contribution in [0.2, 0.25) is 0 Å². The van der Waals surface area contributed by atoms with E-state index in [1.807, 2.05) is 6.92 Å². The molecule has 0 saturated heterocycles. The maximum atomic E-state index is 5.77. The van der Waals surface area contributed by atoms with Crippen LogP contribution in [0.3, 0.4) is 0 Å². The van der Waals surface area contributed by atoms with Gasteiger partial charge in [0.1, 0.15) is 12.4 Å². The summed E-state index contributed by atoms with van der Waals surface area (Å²) in [5.41, 5.74) is 3.68. The van der Waals surface area contributed by atoms with E-state index in [0.29, 0.717) is 17.6 Å². The van der Waals surface area contributed by atoms with Crippen molar-refractivity contribution in [3.63, 3.8) is 0 Å². The lowest BCUT2D eigenvalue weighted by atomic mass is 10.0. The van der Waals surface area contributed by atoms with Gasteiger partial charge in [-0.2, -0.15) is 0 Å². The van der Waals surface area contributed by atoms with Crippen molar-refractivity contribution >= 4 is 23.2 Å². The summed E-state index contributed by atoms with van der Waals surface area (Å²) in [7, 11) is 0. The summed E-state index contributed by atoms with van der Waals surface area (Å²) < 4.78 is 5.60. The van der Waals surface area contributed by atoms with Gasteiger partial charge >= 0.3 is 0 Å². The molecule has 0 spiro atoms. The molecule has 0 aromatic heterocycles. The molecule has 0 unspecified atom stereocenters. The van der Waals surface area contributed by atoms with Crippen LogP contribution in [-0.2, 0) is 0 Å². The second-order valence-corrected chi connectivity index (χ2v) is 4.73. The van der Waals surface area contributed by atoms with E-state index in [0.717, 1.165) is 11.3 Å². The largest absolute Gasteiger partial charge is 0.488 e. The van der Waals surface area contributed by atoms with Gasteiger partial charge in [0.25, 0.3) is 0 Å². The van der Waals surface area contributed by atoms with Crippen LogP contribution in [0.4, 0.5) is 0 Å². The zero-order chi connectivity index (χ0) is 12.1. The van der Waals surface area contributed by atoms with E-state index in [1.54, 1.807) is 0 Å². The van der Waals surface area contributed by atoms with Gasteiger partial charge in [0.05, 0.1) is 5.03 Å². The highest BCUT2D eigenvalue weighted by Crippen LogP contribution is 2.24. The third-order valence-electron chi connectivity index (χ3n) is 2.36. The van der Waals surface area contributed by atoms with Gasteiger partial charge in [-0.3, -0.25) is 0 Å². The number of halogens is 2. The summed E-state index contributed by atoms with van der Waals surface area (Å²) >= 11 is 11.2. The molecule has 0 N–H and O–H groups in total. The van der Waals surface area contributed by atoms with Gasteiger partial charge < -0.3 is 4.74 Å². The van der Waals surface area contributed by atoms with Crippen molar-refractivity contribution in [1.82, 2.24) is 0 Å². The van der Waals surface area contributed by atoms with E-state index in [2.05, 4.69) is 32.0 Å². The third kappa shape index (κ3) is 3.73. The van der Waals surface area contributed by atoms with Crippen molar-refractivity contribution in [2.24, 2.45) is 0 Å². The molecule has 88 valence electrons. The molecule has 0 fully saturated rings. The number of hydrogen-bond donors (Lipinski definition) is 0. The minimum absolute atomic E-state index is 0.313. The monoisotopic (exact) mass is 258 g/mol. The van der Waals surface area contributed by atoms with Gasteiger partial charge in [-0.25, -0.2) is 0 Å². The van der Waals surface area contributed by atoms with E-state index in [1.165, 1.54) is 11.1 Å². The lowest BCUT2D eigenvalue weighted by Gasteiger charge is -2.12. The number of hydrogen-bond acceptors (Lipinski definition) is 1. The van der Waals surface area contributed by atoms with Crippen molar-refractivity contribution < 1.29 is 4.74 Å². The number of rotatable bonds is 4. The minimum atomic E-state index is 0.313. The van der Waals surface area contributed by atoms with Crippen LogP contribution in [-0.4, -0.2) is 6.61 Å². The van der Waals surface area contributed by atoms with Gasteiger partial charge in [0, 0.05) is 5.54 Å². The molecule has 1 rings (SSSR count). The predicted octanol–water partition coefficient (Wildman–Crippen LogP) is 4.82. The highest BCUT2D eigenvalue weighted by atomic mass is 35.5. The van der Waals surface area contributed by atoms with Crippen LogP contribution >= 0.6 is 23.2 Å². The van der Waals surface area contributed by atoms with Crippen molar-refractivity contribution in [1.29, 1.82) is 0 Å². The first-order valence-electron chi connectivity index (χ1n) is 5.22. The molecule has 0 bridgehead atoms. The number of ether oxygens (including phenoxy) is 1. The molecule has 0 atom stereocenters. The Bertz CT molecular complexity index is 384. The van der Waals surface area contributed by atoms with Gasteiger partial charge in [-0.15, -0.1) is 0 Å². The normalized spacial score (nSPS) is 12.0. The molecular weight excluding hydrogens is 243 g/mol. The van der Waals surface area contributed by atoms with Crippen LogP contribution in [0.25, 0.3) is 0 Å². The van der Waals surface area contributed by atoms with Gasteiger partial charge in [-0.05, 0) is 30.0 Å². The Hall–Kier alpha value is -0.660. The molecule has 0 aliphatic rings. The first-order chi connectivity index (χ1) is 7.54. The van der Waals surface area contributed by atoms with Crippen molar-refractivity contribution in [3.8, 4) is 5.75 Å². The van der Waals surface area contributed by atoms with Crippen molar-refractivity contribution in [2.75, 3.05) is 6.61 Å². The van der Waals surface area contributed by atoms with Crippen LogP contribution in [0.1, 0.15) is 30.9 Å². The zero-order valence-corrected chi connectivity index (χ0v) is 11.3. The topological polar surface area (TPSA) is 9.23 Å². The molecule has 1 nitrogen and oxygen atoms in total. The highest BCUT2D eigenvalue weighted by molar-refractivity contribution is 6.36. The summed E-state index contributed by atoms with van der Waals surface area (Å²) in [6, 6.07) is 6.23. The molecule has 0 aliphatic heterocycles. The standard InChI is InChI=1S/C13H16Cl2O/c1-9(2)11-5-4-10(3)13(6-11)16-8-12(15)7-14/h4-7,9H,8H2,1-3H3/b12-7-. The van der Waals surface area contributed by atoms with Crippen LogP contribution in [0.5, 0.6) is 5.75 Å². The van der Waals surface area contributed by atoms with Crippen LogP contribution in [0, 0.1) is 6.92 Å². The molecule has 0 aliphatic carbocycles.